The number of ether oxygens (including phenoxy) is 3. The lowest BCUT2D eigenvalue weighted by Gasteiger charge is -2.37. The van der Waals surface area contributed by atoms with E-state index in [0.29, 0.717) is 25.5 Å². The summed E-state index contributed by atoms with van der Waals surface area (Å²) < 4.78 is 15.3. The highest BCUT2D eigenvalue weighted by Crippen LogP contribution is 2.35. The van der Waals surface area contributed by atoms with Gasteiger partial charge in [-0.3, -0.25) is 9.59 Å². The van der Waals surface area contributed by atoms with E-state index in [1.54, 1.807) is 11.1 Å². The number of nitrogens with zero attached hydrogens (tertiary/aromatic N) is 4. The first-order valence-corrected chi connectivity index (χ1v) is 19.4. The molecule has 4 unspecified atom stereocenters. The van der Waals surface area contributed by atoms with Gasteiger partial charge in [0.2, 0.25) is 11.8 Å². The first kappa shape index (κ1) is 39.3. The van der Waals surface area contributed by atoms with Gasteiger partial charge in [0.25, 0.3) is 0 Å². The molecule has 3 aromatic carbocycles. The third-order valence-electron chi connectivity index (χ3n) is 10.9. The molecule has 0 spiro atoms. The van der Waals surface area contributed by atoms with Crippen LogP contribution >= 0.6 is 0 Å². The number of aromatic amines is 2. The molecule has 2 aromatic heterocycles. The van der Waals surface area contributed by atoms with E-state index in [-0.39, 0.29) is 36.3 Å². The maximum absolute atomic E-state index is 13.7. The normalized spacial score (nSPS) is 18.2. The number of rotatable bonds is 10. The number of imidazole rings is 2. The molecule has 5 aromatic rings. The summed E-state index contributed by atoms with van der Waals surface area (Å²) in [5, 5.41) is 7.50. The lowest BCUT2D eigenvalue weighted by molar-refractivity contribution is -0.143. The molecule has 2 fully saturated rings. The van der Waals surface area contributed by atoms with Crippen LogP contribution in [0.25, 0.3) is 44.2 Å². The molecule has 57 heavy (non-hydrogen) atoms. The molecule has 7 rings (SSSR count). The number of nitrogens with one attached hydrogen (secondary N) is 4. The summed E-state index contributed by atoms with van der Waals surface area (Å²) >= 11 is 0. The van der Waals surface area contributed by atoms with Crippen molar-refractivity contribution in [2.75, 3.05) is 40.5 Å². The Hall–Kier alpha value is -5.96. The van der Waals surface area contributed by atoms with Crippen LogP contribution in [0.5, 0.6) is 0 Å². The van der Waals surface area contributed by atoms with Crippen molar-refractivity contribution in [3.05, 3.63) is 72.4 Å². The van der Waals surface area contributed by atoms with E-state index < -0.39 is 30.3 Å². The molecular formula is C42H50N8O7. The monoisotopic (exact) mass is 778 g/mol. The number of amides is 4. The minimum atomic E-state index is -0.751. The van der Waals surface area contributed by atoms with Crippen molar-refractivity contribution < 1.29 is 33.4 Å². The average Bonchev–Trinajstić information content (AvgIpc) is 4.01. The fraction of sp³-hybridized carbons (Fsp3) is 0.429. The highest BCUT2D eigenvalue weighted by Gasteiger charge is 2.38. The molecule has 4 heterocycles. The molecule has 4 N–H and O–H groups in total. The molecule has 2 aliphatic heterocycles. The Morgan fingerprint density at radius 2 is 1.35 bits per heavy atom. The molecule has 4 atom stereocenters. The van der Waals surface area contributed by atoms with Crippen molar-refractivity contribution in [1.82, 2.24) is 40.4 Å². The smallest absolute Gasteiger partial charge is 0.407 e. The predicted molar refractivity (Wildman–Crippen MR) is 214 cm³/mol. The fourth-order valence-corrected chi connectivity index (χ4v) is 7.78. The summed E-state index contributed by atoms with van der Waals surface area (Å²) in [7, 11) is 2.57. The molecule has 0 bridgehead atoms. The van der Waals surface area contributed by atoms with E-state index in [2.05, 4.69) is 68.1 Å². The Morgan fingerprint density at radius 3 is 2.00 bits per heavy atom. The quantitative estimate of drug-likeness (QED) is 0.130. The summed E-state index contributed by atoms with van der Waals surface area (Å²) in [5.74, 6) is 0.712. The Labute approximate surface area is 330 Å². The lowest BCUT2D eigenvalue weighted by Crippen LogP contribution is -2.54. The van der Waals surface area contributed by atoms with E-state index in [4.69, 9.17) is 19.2 Å². The first-order valence-electron chi connectivity index (χ1n) is 19.4. The highest BCUT2D eigenvalue weighted by atomic mass is 16.5. The van der Waals surface area contributed by atoms with Crippen LogP contribution in [0.4, 0.5) is 9.59 Å². The third-order valence-corrected chi connectivity index (χ3v) is 10.9. The summed E-state index contributed by atoms with van der Waals surface area (Å²) in [5.41, 5.74) is 5.52. The van der Waals surface area contributed by atoms with Crippen molar-refractivity contribution in [1.29, 1.82) is 0 Å². The second-order valence-electron chi connectivity index (χ2n) is 15.3. The molecule has 2 saturated heterocycles. The van der Waals surface area contributed by atoms with Crippen LogP contribution in [0.15, 0.2) is 60.8 Å². The van der Waals surface area contributed by atoms with E-state index in [1.807, 2.05) is 44.7 Å². The van der Waals surface area contributed by atoms with Crippen LogP contribution in [0.2, 0.25) is 0 Å². The second-order valence-corrected chi connectivity index (χ2v) is 15.3. The summed E-state index contributed by atoms with van der Waals surface area (Å²) in [6.45, 7) is 9.19. The van der Waals surface area contributed by atoms with Crippen molar-refractivity contribution in [2.45, 2.75) is 64.7 Å². The molecular weight excluding hydrogens is 729 g/mol. The molecule has 300 valence electrons. The number of aromatic nitrogens is 4. The summed E-state index contributed by atoms with van der Waals surface area (Å²) in [4.78, 5) is 71.3. The van der Waals surface area contributed by atoms with Gasteiger partial charge in [0.15, 0.2) is 0 Å². The van der Waals surface area contributed by atoms with Gasteiger partial charge in [-0.05, 0) is 70.8 Å². The molecule has 4 amide bonds. The van der Waals surface area contributed by atoms with E-state index in [0.717, 1.165) is 62.9 Å². The topological polar surface area (TPSA) is 184 Å². The fourth-order valence-electron chi connectivity index (χ4n) is 7.78. The number of likely N-dealkylation sites (tertiary alicyclic amines) is 1. The van der Waals surface area contributed by atoms with Gasteiger partial charge >= 0.3 is 12.2 Å². The largest absolute Gasteiger partial charge is 0.453 e. The number of benzene rings is 3. The molecule has 0 aliphatic carbocycles. The van der Waals surface area contributed by atoms with Crippen LogP contribution < -0.4 is 10.6 Å². The molecule has 0 saturated carbocycles. The molecule has 0 radical (unpaired) electrons. The molecule has 2 aliphatic rings. The van der Waals surface area contributed by atoms with E-state index >= 15 is 0 Å². The first-order chi connectivity index (χ1) is 27.4. The van der Waals surface area contributed by atoms with Gasteiger partial charge in [0, 0.05) is 18.7 Å². The van der Waals surface area contributed by atoms with Crippen molar-refractivity contribution in [3.63, 3.8) is 0 Å². The SMILES string of the molecule is COC(=O)NC(C(=O)N1CCOCC1c1ncc(-c2ccc3cc(-c4ccc5nc(C6CCCN6C(=O)C(NC(=O)OC)C(C)C)[nH]c5c4)ccc3c2)[nH]1)C(C)C. The van der Waals surface area contributed by atoms with Crippen LogP contribution in [0.1, 0.15) is 64.3 Å². The number of methoxy groups -OCH3 is 2. The van der Waals surface area contributed by atoms with Crippen molar-refractivity contribution in [2.24, 2.45) is 11.8 Å². The lowest BCUT2D eigenvalue weighted by atomic mass is 9.99. The number of fused-ring (bicyclic) bond motifs is 2. The summed E-state index contributed by atoms with van der Waals surface area (Å²) in [6, 6.07) is 16.6. The van der Waals surface area contributed by atoms with Crippen LogP contribution in [0, 0.1) is 11.8 Å². The zero-order valence-electron chi connectivity index (χ0n) is 33.1. The van der Waals surface area contributed by atoms with Crippen LogP contribution in [0.3, 0.4) is 0 Å². The third kappa shape index (κ3) is 8.15. The Morgan fingerprint density at radius 1 is 0.754 bits per heavy atom. The minimum absolute atomic E-state index is 0.113. The predicted octanol–water partition coefficient (Wildman–Crippen LogP) is 6.10. The average molecular weight is 779 g/mol. The minimum Gasteiger partial charge on any atom is -0.453 e. The molecule has 15 nitrogen and oxygen atoms in total. The number of carbonyl (C=O) groups is 4. The van der Waals surface area contributed by atoms with Gasteiger partial charge in [-0.25, -0.2) is 19.6 Å². The van der Waals surface area contributed by atoms with Gasteiger partial charge in [0.05, 0.1) is 56.4 Å². The van der Waals surface area contributed by atoms with Crippen LogP contribution in [-0.4, -0.2) is 106 Å². The van der Waals surface area contributed by atoms with Gasteiger partial charge in [-0.1, -0.05) is 58.0 Å². The zero-order chi connectivity index (χ0) is 40.4. The van der Waals surface area contributed by atoms with Crippen molar-refractivity contribution in [3.8, 4) is 22.4 Å². The Balaban J connectivity index is 1.08. The van der Waals surface area contributed by atoms with E-state index in [1.165, 1.54) is 14.2 Å². The number of carbonyl (C=O) groups excluding carboxylic acids is 4. The zero-order valence-corrected chi connectivity index (χ0v) is 33.1. The van der Waals surface area contributed by atoms with Gasteiger partial charge in [-0.2, -0.15) is 0 Å². The Bertz CT molecular complexity index is 2280. The molecule has 15 heteroatoms. The number of alkyl carbamates (subject to hydrolysis) is 2. The number of morpholine rings is 1. The Kier molecular flexibility index (Phi) is 11.5. The number of H-pyrrole nitrogens is 2. The van der Waals surface area contributed by atoms with Crippen molar-refractivity contribution >= 4 is 45.8 Å². The van der Waals surface area contributed by atoms with Gasteiger partial charge in [-0.15, -0.1) is 0 Å². The summed E-state index contributed by atoms with van der Waals surface area (Å²) in [6.07, 6.45) is 2.10. The maximum atomic E-state index is 13.7. The second kappa shape index (κ2) is 16.6. The number of hydrogen-bond donors (Lipinski definition) is 4. The number of hydrogen-bond acceptors (Lipinski definition) is 9. The maximum Gasteiger partial charge on any atom is 0.407 e. The van der Waals surface area contributed by atoms with Gasteiger partial charge in [0.1, 0.15) is 29.8 Å². The van der Waals surface area contributed by atoms with E-state index in [9.17, 15) is 19.2 Å². The standard InChI is InChI=1S/C42H50N8O7/c1-23(2)35(47-41(53)55-5)39(51)49-15-7-8-33(49)38-44-30-14-13-28(20-31(30)45-38)26-9-10-27-19-29(12-11-25(27)18-26)32-21-43-37(46-32)34-22-57-17-16-50(34)40(52)36(24(3)4)48-42(54)56-6/h9-14,18-21,23-24,33-36H,7-8,15-17,22H2,1-6H3,(H,43,46)(H,44,45)(H,47,53)(H,48,54). The van der Waals surface area contributed by atoms with Crippen LogP contribution in [-0.2, 0) is 23.8 Å². The highest BCUT2D eigenvalue weighted by molar-refractivity contribution is 5.92. The van der Waals surface area contributed by atoms with Gasteiger partial charge < -0.3 is 44.6 Å².